The summed E-state index contributed by atoms with van der Waals surface area (Å²) >= 11 is 17.0. The maximum Gasteiger partial charge on any atom is 0.125 e. The lowest BCUT2D eigenvalue weighted by atomic mass is 10.2. The van der Waals surface area contributed by atoms with Crippen LogP contribution in [0, 0.1) is 0 Å². The van der Waals surface area contributed by atoms with Crippen LogP contribution in [0.5, 0.6) is 5.75 Å². The van der Waals surface area contributed by atoms with Gasteiger partial charge in [-0.25, -0.2) is 0 Å². The van der Waals surface area contributed by atoms with Gasteiger partial charge in [-0.05, 0) is 34.1 Å². The van der Waals surface area contributed by atoms with Crippen molar-refractivity contribution in [1.29, 1.82) is 0 Å². The Morgan fingerprint density at radius 2 is 2.18 bits per heavy atom. The monoisotopic (exact) mass is 350 g/mol. The van der Waals surface area contributed by atoms with Crippen LogP contribution in [0.25, 0.3) is 0 Å². The van der Waals surface area contributed by atoms with Crippen LogP contribution >= 0.6 is 50.5 Å². The molecule has 0 amide bonds. The lowest BCUT2D eigenvalue weighted by molar-refractivity contribution is 0.307. The normalized spacial score (nSPS) is 10.5. The summed E-state index contributed by atoms with van der Waals surface area (Å²) in [7, 11) is 0. The highest BCUT2D eigenvalue weighted by Gasteiger charge is 2.07. The van der Waals surface area contributed by atoms with Gasteiger partial charge in [-0.1, -0.05) is 17.7 Å². The molecular formula is C12H9BrCl2OS. The molecule has 0 aliphatic carbocycles. The number of hydrogen-bond acceptors (Lipinski definition) is 2. The van der Waals surface area contributed by atoms with Crippen molar-refractivity contribution in [3.8, 4) is 5.75 Å². The van der Waals surface area contributed by atoms with Gasteiger partial charge in [-0.2, -0.15) is 0 Å². The van der Waals surface area contributed by atoms with E-state index in [4.69, 9.17) is 27.9 Å². The summed E-state index contributed by atoms with van der Waals surface area (Å²) in [5.74, 6) is 1.10. The van der Waals surface area contributed by atoms with Crippen molar-refractivity contribution in [1.82, 2.24) is 0 Å². The second kappa shape index (κ2) is 6.10. The lowest BCUT2D eigenvalue weighted by Gasteiger charge is -2.10. The molecule has 1 heterocycles. The number of rotatable bonds is 4. The molecule has 1 aromatic heterocycles. The molecule has 1 aromatic carbocycles. The number of ether oxygens (including phenoxy) is 1. The van der Waals surface area contributed by atoms with Gasteiger partial charge in [0.25, 0.3) is 0 Å². The van der Waals surface area contributed by atoms with Crippen LogP contribution in [0.1, 0.15) is 10.4 Å². The molecule has 0 atom stereocenters. The van der Waals surface area contributed by atoms with Crippen LogP contribution in [0.15, 0.2) is 34.1 Å². The van der Waals surface area contributed by atoms with E-state index < -0.39 is 0 Å². The average Bonchev–Trinajstić information content (AvgIpc) is 2.72. The van der Waals surface area contributed by atoms with Crippen molar-refractivity contribution < 1.29 is 4.74 Å². The molecule has 0 aliphatic heterocycles. The predicted molar refractivity (Wildman–Crippen MR) is 77.4 cm³/mol. The first kappa shape index (κ1) is 13.2. The Morgan fingerprint density at radius 3 is 2.82 bits per heavy atom. The number of benzene rings is 1. The van der Waals surface area contributed by atoms with Gasteiger partial charge in [0.05, 0.1) is 5.88 Å². The Morgan fingerprint density at radius 1 is 1.35 bits per heavy atom. The largest absolute Gasteiger partial charge is 0.488 e. The van der Waals surface area contributed by atoms with Crippen molar-refractivity contribution >= 4 is 50.5 Å². The molecule has 0 saturated carbocycles. The molecule has 0 aliphatic rings. The summed E-state index contributed by atoms with van der Waals surface area (Å²) in [6.07, 6.45) is 0. The number of halogens is 3. The zero-order valence-corrected chi connectivity index (χ0v) is 12.7. The van der Waals surface area contributed by atoms with E-state index in [-0.39, 0.29) is 0 Å². The second-order valence-corrected chi connectivity index (χ2v) is 5.96. The van der Waals surface area contributed by atoms with Crippen LogP contribution in [0.3, 0.4) is 0 Å². The standard InChI is InChI=1S/C12H9BrCl2OS/c13-8-4-9(17-7-8)6-16-12-3-1-2-11(15)10(12)5-14/h1-4,7H,5-6H2. The molecule has 2 rings (SSSR count). The van der Waals surface area contributed by atoms with Crippen molar-refractivity contribution in [3.05, 3.63) is 49.6 Å². The molecule has 1 nitrogen and oxygen atoms in total. The van der Waals surface area contributed by atoms with Gasteiger partial charge < -0.3 is 4.74 Å². The van der Waals surface area contributed by atoms with E-state index in [1.807, 2.05) is 29.6 Å². The Kier molecular flexibility index (Phi) is 4.74. The van der Waals surface area contributed by atoms with E-state index in [0.29, 0.717) is 17.5 Å². The molecule has 0 radical (unpaired) electrons. The van der Waals surface area contributed by atoms with Gasteiger partial charge >= 0.3 is 0 Å². The Hall–Kier alpha value is -0.220. The van der Waals surface area contributed by atoms with Crippen molar-refractivity contribution in [2.24, 2.45) is 0 Å². The fraction of sp³-hybridized carbons (Fsp3) is 0.167. The van der Waals surface area contributed by atoms with Gasteiger partial charge in [-0.15, -0.1) is 22.9 Å². The number of thiophene rings is 1. The van der Waals surface area contributed by atoms with Crippen LogP contribution in [0.2, 0.25) is 5.02 Å². The first-order valence-electron chi connectivity index (χ1n) is 4.90. The third-order valence-corrected chi connectivity index (χ3v) is 4.49. The molecule has 0 saturated heterocycles. The topological polar surface area (TPSA) is 9.23 Å². The maximum atomic E-state index is 6.05. The van der Waals surface area contributed by atoms with Crippen molar-refractivity contribution in [2.45, 2.75) is 12.5 Å². The van der Waals surface area contributed by atoms with E-state index >= 15 is 0 Å². The Bertz CT molecular complexity index is 513. The van der Waals surface area contributed by atoms with Gasteiger partial charge in [0.2, 0.25) is 0 Å². The predicted octanol–water partition coefficient (Wildman–Crippen LogP) is 5.48. The van der Waals surface area contributed by atoms with E-state index in [0.717, 1.165) is 20.7 Å². The zero-order chi connectivity index (χ0) is 12.3. The molecule has 90 valence electrons. The summed E-state index contributed by atoms with van der Waals surface area (Å²) in [5.41, 5.74) is 0.839. The smallest absolute Gasteiger partial charge is 0.125 e. The number of alkyl halides is 1. The SMILES string of the molecule is ClCc1c(Cl)cccc1OCc1cc(Br)cs1. The molecule has 2 aromatic rings. The van der Waals surface area contributed by atoms with E-state index in [2.05, 4.69) is 15.9 Å². The highest BCUT2D eigenvalue weighted by molar-refractivity contribution is 9.10. The van der Waals surface area contributed by atoms with Crippen molar-refractivity contribution in [3.63, 3.8) is 0 Å². The van der Waals surface area contributed by atoms with E-state index in [1.54, 1.807) is 11.3 Å². The molecule has 5 heteroatoms. The molecule has 0 fully saturated rings. The first-order chi connectivity index (χ1) is 8.20. The van der Waals surface area contributed by atoms with Gasteiger partial charge in [0, 0.05) is 25.3 Å². The summed E-state index contributed by atoms with van der Waals surface area (Å²) < 4.78 is 6.80. The average molecular weight is 352 g/mol. The molecule has 0 N–H and O–H groups in total. The Balaban J connectivity index is 2.11. The summed E-state index contributed by atoms with van der Waals surface area (Å²) in [6, 6.07) is 7.59. The van der Waals surface area contributed by atoms with E-state index in [9.17, 15) is 0 Å². The van der Waals surface area contributed by atoms with E-state index in [1.165, 1.54) is 0 Å². The van der Waals surface area contributed by atoms with Crippen LogP contribution < -0.4 is 4.74 Å². The van der Waals surface area contributed by atoms with Gasteiger partial charge in [-0.3, -0.25) is 0 Å². The minimum absolute atomic E-state index is 0.350. The third kappa shape index (κ3) is 3.38. The molecule has 0 unspecified atom stereocenters. The fourth-order valence-corrected chi connectivity index (χ4v) is 3.32. The highest BCUT2D eigenvalue weighted by Crippen LogP contribution is 2.29. The molecular weight excluding hydrogens is 343 g/mol. The number of hydrogen-bond donors (Lipinski definition) is 0. The van der Waals surface area contributed by atoms with Crippen LogP contribution in [0.4, 0.5) is 0 Å². The minimum atomic E-state index is 0.350. The summed E-state index contributed by atoms with van der Waals surface area (Å²) in [6.45, 7) is 0.528. The van der Waals surface area contributed by atoms with Crippen LogP contribution in [-0.2, 0) is 12.5 Å². The second-order valence-electron chi connectivity index (χ2n) is 3.37. The minimum Gasteiger partial charge on any atom is -0.488 e. The van der Waals surface area contributed by atoms with Gasteiger partial charge in [0.15, 0.2) is 0 Å². The summed E-state index contributed by atoms with van der Waals surface area (Å²) in [4.78, 5) is 1.15. The quantitative estimate of drug-likeness (QED) is 0.662. The van der Waals surface area contributed by atoms with Crippen molar-refractivity contribution in [2.75, 3.05) is 0 Å². The summed E-state index contributed by atoms with van der Waals surface area (Å²) in [5, 5.41) is 2.67. The van der Waals surface area contributed by atoms with Crippen LogP contribution in [-0.4, -0.2) is 0 Å². The first-order valence-corrected chi connectivity index (χ1v) is 7.48. The fourth-order valence-electron chi connectivity index (χ4n) is 1.38. The lowest BCUT2D eigenvalue weighted by Crippen LogP contribution is -1.96. The highest BCUT2D eigenvalue weighted by atomic mass is 79.9. The molecule has 17 heavy (non-hydrogen) atoms. The molecule has 0 spiro atoms. The third-order valence-electron chi connectivity index (χ3n) is 2.20. The zero-order valence-electron chi connectivity index (χ0n) is 8.75. The van der Waals surface area contributed by atoms with Gasteiger partial charge in [0.1, 0.15) is 12.4 Å². The molecule has 0 bridgehead atoms. The Labute approximate surface area is 122 Å². The maximum absolute atomic E-state index is 6.05.